The van der Waals surface area contributed by atoms with E-state index in [1.165, 1.54) is 0 Å². The van der Waals surface area contributed by atoms with E-state index in [9.17, 15) is 0 Å². The van der Waals surface area contributed by atoms with Gasteiger partial charge in [-0.05, 0) is 58.7 Å². The van der Waals surface area contributed by atoms with E-state index in [1.807, 2.05) is 13.0 Å². The first-order valence-electron chi connectivity index (χ1n) is 9.56. The minimum absolute atomic E-state index is 0.129. The van der Waals surface area contributed by atoms with Crippen LogP contribution in [0.1, 0.15) is 45.5 Å². The molecule has 1 aliphatic rings. The van der Waals surface area contributed by atoms with E-state index in [0.29, 0.717) is 19.8 Å². The highest BCUT2D eigenvalue weighted by molar-refractivity contribution is 7.98. The van der Waals surface area contributed by atoms with Gasteiger partial charge in [0.2, 0.25) is 0 Å². The van der Waals surface area contributed by atoms with Gasteiger partial charge in [0.1, 0.15) is 17.4 Å². The number of nitrogens with zero attached hydrogens (tertiary/aromatic N) is 1. The van der Waals surface area contributed by atoms with Crippen LogP contribution in [0.4, 0.5) is 0 Å². The minimum Gasteiger partial charge on any atom is -0.491 e. The third-order valence-electron chi connectivity index (χ3n) is 4.37. The molecule has 0 spiro atoms. The fourth-order valence-corrected chi connectivity index (χ4v) is 4.96. The van der Waals surface area contributed by atoms with Crippen LogP contribution in [0.5, 0.6) is 5.75 Å². The molecule has 1 aromatic carbocycles. The normalized spacial score (nSPS) is 17.3. The van der Waals surface area contributed by atoms with Crippen LogP contribution in [-0.2, 0) is 15.0 Å². The molecule has 2 heterocycles. The molecule has 1 fully saturated rings. The van der Waals surface area contributed by atoms with E-state index in [1.54, 1.807) is 23.3 Å². The Hall–Kier alpha value is -0.860. The lowest BCUT2D eigenvalue weighted by Gasteiger charge is -2.37. The van der Waals surface area contributed by atoms with Crippen LogP contribution < -0.4 is 9.46 Å². The number of hydrogen-bond acceptors (Lipinski definition) is 7. The smallest absolute Gasteiger partial charge is 0.120 e. The summed E-state index contributed by atoms with van der Waals surface area (Å²) in [4.78, 5) is 4.97. The Morgan fingerprint density at radius 2 is 2.04 bits per heavy atom. The third kappa shape index (κ3) is 5.57. The minimum atomic E-state index is -0.129. The maximum Gasteiger partial charge on any atom is 0.120 e. The molecule has 1 aliphatic heterocycles. The Morgan fingerprint density at radius 1 is 1.26 bits per heavy atom. The molecular formula is C20H30N2O3S2. The second-order valence-corrected chi connectivity index (χ2v) is 10.4. The van der Waals surface area contributed by atoms with Crippen LogP contribution >= 0.6 is 23.3 Å². The van der Waals surface area contributed by atoms with Gasteiger partial charge in [0.25, 0.3) is 0 Å². The molecule has 0 atom stereocenters. The number of ether oxygens (including phenoxy) is 3. The van der Waals surface area contributed by atoms with E-state index in [0.717, 1.165) is 47.0 Å². The molecule has 0 unspecified atom stereocenters. The predicted molar refractivity (Wildman–Crippen MR) is 114 cm³/mol. The summed E-state index contributed by atoms with van der Waals surface area (Å²) >= 11 is 3.54. The van der Waals surface area contributed by atoms with Crippen LogP contribution in [0, 0.1) is 0 Å². The van der Waals surface area contributed by atoms with Crippen molar-refractivity contribution in [3.63, 3.8) is 0 Å². The first kappa shape index (κ1) is 20.9. The zero-order valence-corrected chi connectivity index (χ0v) is 18.3. The molecular weight excluding hydrogens is 380 g/mol. The van der Waals surface area contributed by atoms with Gasteiger partial charge in [0.15, 0.2) is 0 Å². The lowest BCUT2D eigenvalue weighted by molar-refractivity contribution is 0.0468. The first-order chi connectivity index (χ1) is 12.9. The lowest BCUT2D eigenvalue weighted by atomic mass is 9.92. The summed E-state index contributed by atoms with van der Waals surface area (Å²) in [6.45, 7) is 12.1. The van der Waals surface area contributed by atoms with Gasteiger partial charge >= 0.3 is 0 Å². The van der Waals surface area contributed by atoms with Crippen LogP contribution in [0.3, 0.4) is 0 Å². The van der Waals surface area contributed by atoms with Crippen molar-refractivity contribution in [2.45, 2.75) is 50.8 Å². The van der Waals surface area contributed by atoms with Gasteiger partial charge in [-0.15, -0.1) is 11.3 Å². The summed E-state index contributed by atoms with van der Waals surface area (Å²) in [6, 6.07) is 6.13. The van der Waals surface area contributed by atoms with Crippen LogP contribution in [0.15, 0.2) is 18.2 Å². The van der Waals surface area contributed by atoms with E-state index in [2.05, 4.69) is 37.6 Å². The fourth-order valence-electron chi connectivity index (χ4n) is 2.89. The van der Waals surface area contributed by atoms with E-state index in [4.69, 9.17) is 19.2 Å². The quantitative estimate of drug-likeness (QED) is 0.500. The van der Waals surface area contributed by atoms with Crippen LogP contribution in [0.25, 0.3) is 10.2 Å². The highest BCUT2D eigenvalue weighted by Gasteiger charge is 2.38. The van der Waals surface area contributed by atoms with Crippen molar-refractivity contribution < 1.29 is 14.2 Å². The SMILES string of the molecule is CCOCCOc1ccc2nc(C3(NSC(C)(C)C)CCOCC3)sc2c1. The average molecular weight is 411 g/mol. The maximum absolute atomic E-state index is 5.80. The monoisotopic (exact) mass is 410 g/mol. The van der Waals surface area contributed by atoms with E-state index >= 15 is 0 Å². The van der Waals surface area contributed by atoms with Crippen molar-refractivity contribution in [3.05, 3.63) is 23.2 Å². The Labute approximate surface area is 170 Å². The van der Waals surface area contributed by atoms with Crippen molar-refractivity contribution in [1.29, 1.82) is 0 Å². The zero-order chi connectivity index (χ0) is 19.3. The number of nitrogens with one attached hydrogen (secondary N) is 1. The van der Waals surface area contributed by atoms with Gasteiger partial charge in [-0.1, -0.05) is 11.9 Å². The van der Waals surface area contributed by atoms with Gasteiger partial charge in [-0.25, -0.2) is 4.98 Å². The molecule has 1 N–H and O–H groups in total. The zero-order valence-electron chi connectivity index (χ0n) is 16.7. The maximum atomic E-state index is 5.80. The topological polar surface area (TPSA) is 52.6 Å². The summed E-state index contributed by atoms with van der Waals surface area (Å²) in [5.74, 6) is 0.871. The van der Waals surface area contributed by atoms with Gasteiger partial charge in [0, 0.05) is 24.6 Å². The number of thiazole rings is 1. The summed E-state index contributed by atoms with van der Waals surface area (Å²) in [5.41, 5.74) is 0.899. The molecule has 0 radical (unpaired) electrons. The molecule has 150 valence electrons. The second-order valence-electron chi connectivity index (χ2n) is 7.70. The average Bonchev–Trinajstić information content (AvgIpc) is 3.08. The van der Waals surface area contributed by atoms with E-state index < -0.39 is 0 Å². The molecule has 0 aliphatic carbocycles. The Kier molecular flexibility index (Phi) is 7.03. The summed E-state index contributed by atoms with van der Waals surface area (Å²) in [5, 5.41) is 1.14. The van der Waals surface area contributed by atoms with Crippen molar-refractivity contribution >= 4 is 33.5 Å². The van der Waals surface area contributed by atoms with Crippen molar-refractivity contribution in [1.82, 2.24) is 9.71 Å². The molecule has 0 bridgehead atoms. The first-order valence-corrected chi connectivity index (χ1v) is 11.2. The lowest BCUT2D eigenvalue weighted by Crippen LogP contribution is -2.44. The summed E-state index contributed by atoms with van der Waals surface area (Å²) in [6.07, 6.45) is 1.88. The Balaban J connectivity index is 1.80. The van der Waals surface area contributed by atoms with Gasteiger partial charge in [0.05, 0.1) is 22.4 Å². The summed E-state index contributed by atoms with van der Waals surface area (Å²) in [7, 11) is 0. The molecule has 1 saturated heterocycles. The second kappa shape index (κ2) is 9.09. The highest BCUT2D eigenvalue weighted by atomic mass is 32.2. The number of benzene rings is 1. The van der Waals surface area contributed by atoms with Gasteiger partial charge in [-0.3, -0.25) is 4.72 Å². The Bertz CT molecular complexity index is 736. The molecule has 27 heavy (non-hydrogen) atoms. The molecule has 0 saturated carbocycles. The molecule has 5 nitrogen and oxygen atoms in total. The summed E-state index contributed by atoms with van der Waals surface area (Å²) < 4.78 is 21.8. The van der Waals surface area contributed by atoms with Crippen molar-refractivity contribution in [2.24, 2.45) is 0 Å². The molecule has 7 heteroatoms. The molecule has 2 aromatic rings. The largest absolute Gasteiger partial charge is 0.491 e. The van der Waals surface area contributed by atoms with Crippen molar-refractivity contribution in [3.8, 4) is 5.75 Å². The molecule has 3 rings (SSSR count). The van der Waals surface area contributed by atoms with Crippen LogP contribution in [0.2, 0.25) is 0 Å². The number of hydrogen-bond donors (Lipinski definition) is 1. The van der Waals surface area contributed by atoms with Gasteiger partial charge in [-0.2, -0.15) is 0 Å². The molecule has 0 amide bonds. The van der Waals surface area contributed by atoms with Crippen LogP contribution in [-0.4, -0.2) is 42.8 Å². The highest BCUT2D eigenvalue weighted by Crippen LogP contribution is 2.40. The van der Waals surface area contributed by atoms with Gasteiger partial charge < -0.3 is 14.2 Å². The standard InChI is InChI=1S/C20H30N2O3S2/c1-5-23-12-13-25-15-6-7-16-17(14-15)26-18(21-16)20(8-10-24-11-9-20)22-27-19(2,3)4/h6-7,14,22H,5,8-13H2,1-4H3. The van der Waals surface area contributed by atoms with Crippen molar-refractivity contribution in [2.75, 3.05) is 33.0 Å². The predicted octanol–water partition coefficient (Wildman–Crippen LogP) is 4.75. The third-order valence-corrected chi connectivity index (χ3v) is 6.70. The fraction of sp³-hybridized carbons (Fsp3) is 0.650. The molecule has 1 aromatic heterocycles. The number of aromatic nitrogens is 1. The number of rotatable bonds is 8. The van der Waals surface area contributed by atoms with E-state index in [-0.39, 0.29) is 10.3 Å². The Morgan fingerprint density at radius 3 is 2.74 bits per heavy atom. The number of fused-ring (bicyclic) bond motifs is 1.